The van der Waals surface area contributed by atoms with E-state index in [0.29, 0.717) is 18.4 Å². The third-order valence-corrected chi connectivity index (χ3v) is 4.06. The smallest absolute Gasteiger partial charge is 0.255 e. The van der Waals surface area contributed by atoms with Gasteiger partial charge in [0.25, 0.3) is 5.91 Å². The molecule has 0 aromatic carbocycles. The average Bonchev–Trinajstić information content (AvgIpc) is 2.78. The maximum absolute atomic E-state index is 12.2. The minimum absolute atomic E-state index is 0.0112. The van der Waals surface area contributed by atoms with E-state index in [1.807, 2.05) is 18.2 Å². The van der Waals surface area contributed by atoms with Crippen LogP contribution in [0.2, 0.25) is 0 Å². The summed E-state index contributed by atoms with van der Waals surface area (Å²) >= 11 is 0. The Kier molecular flexibility index (Phi) is 3.62. The van der Waals surface area contributed by atoms with E-state index in [1.165, 1.54) is 6.26 Å². The number of pyridine rings is 1. The summed E-state index contributed by atoms with van der Waals surface area (Å²) in [6.07, 6.45) is 5.52. The summed E-state index contributed by atoms with van der Waals surface area (Å²) in [6, 6.07) is 5.52. The topological polar surface area (TPSA) is 96.1 Å². The first-order valence-corrected chi connectivity index (χ1v) is 8.45. The molecule has 1 aliphatic rings. The molecule has 21 heavy (non-hydrogen) atoms. The minimum atomic E-state index is -2.93. The number of amides is 1. The number of aromatic nitrogens is 2. The summed E-state index contributed by atoms with van der Waals surface area (Å²) < 4.78 is 25.1. The predicted octanol–water partition coefficient (Wildman–Crippen LogP) is 1.91. The van der Waals surface area contributed by atoms with Crippen LogP contribution in [-0.4, -0.2) is 43.0 Å². The van der Waals surface area contributed by atoms with Gasteiger partial charge in [0.1, 0.15) is 0 Å². The van der Waals surface area contributed by atoms with Crippen LogP contribution in [0, 0.1) is 0 Å². The number of nitrogens with one attached hydrogen (secondary N) is 1. The number of carbonyl (C=O) groups excluding carboxylic acids is 1. The highest BCUT2D eigenvalue weighted by Gasteiger charge is 2.34. The van der Waals surface area contributed by atoms with Crippen LogP contribution in [0.15, 0.2) is 30.6 Å². The monoisotopic (exact) mass is 311 g/mol. The van der Waals surface area contributed by atoms with Gasteiger partial charge in [-0.1, -0.05) is 6.07 Å². The Morgan fingerprint density at radius 2 is 2.24 bits per heavy atom. The van der Waals surface area contributed by atoms with Crippen LogP contribution in [0.4, 0.5) is 0 Å². The maximum atomic E-state index is 12.2. The molecule has 3 rings (SSSR count). The van der Waals surface area contributed by atoms with Crippen molar-refractivity contribution in [2.24, 2.45) is 0 Å². The quantitative estimate of drug-likeness (QED) is 0.801. The summed E-state index contributed by atoms with van der Waals surface area (Å²) in [5.41, 5.74) is 1.28. The zero-order valence-corrected chi connectivity index (χ0v) is 12.3. The van der Waals surface area contributed by atoms with Crippen molar-refractivity contribution in [2.45, 2.75) is 25.0 Å². The number of rotatable bonds is 4. The van der Waals surface area contributed by atoms with Crippen molar-refractivity contribution in [3.63, 3.8) is 0 Å². The number of nitrogens with zero attached hydrogens (tertiary/aromatic N) is 2. The standard InChI is InChI=1S/C13H17N3O4S/c1-21(18,19)20-10-6-9(7-10)15-13(17)11-8-14-16-5-3-2-4-12(11)16/h2-5,8-10,18-19H,6-7H2,1H3,(H,15,17). The molecular formula is C13H17N3O4S. The first-order chi connectivity index (χ1) is 9.92. The van der Waals surface area contributed by atoms with Gasteiger partial charge in [-0.25, -0.2) is 4.52 Å². The van der Waals surface area contributed by atoms with Gasteiger partial charge in [0, 0.05) is 18.5 Å². The van der Waals surface area contributed by atoms with Crippen molar-refractivity contribution in [3.8, 4) is 0 Å². The Balaban J connectivity index is 1.59. The summed E-state index contributed by atoms with van der Waals surface area (Å²) in [7, 11) is -2.93. The highest BCUT2D eigenvalue weighted by molar-refractivity contribution is 8.19. The van der Waals surface area contributed by atoms with Crippen LogP contribution in [0.3, 0.4) is 0 Å². The molecule has 3 N–H and O–H groups in total. The number of carbonyl (C=O) groups is 1. The molecule has 0 spiro atoms. The molecule has 1 amide bonds. The molecular weight excluding hydrogens is 294 g/mol. The molecule has 8 heteroatoms. The zero-order chi connectivity index (χ0) is 15.0. The molecule has 0 bridgehead atoms. The van der Waals surface area contributed by atoms with Gasteiger partial charge in [-0.05, 0) is 25.0 Å². The van der Waals surface area contributed by atoms with Crippen molar-refractivity contribution >= 4 is 22.3 Å². The molecule has 1 fully saturated rings. The molecule has 0 unspecified atom stereocenters. The summed E-state index contributed by atoms with van der Waals surface area (Å²) in [4.78, 5) is 12.2. The average molecular weight is 311 g/mol. The summed E-state index contributed by atoms with van der Waals surface area (Å²) in [5, 5.41) is 7.02. The fourth-order valence-electron chi connectivity index (χ4n) is 2.39. The Morgan fingerprint density at radius 3 is 2.95 bits per heavy atom. The van der Waals surface area contributed by atoms with Gasteiger partial charge in [0.05, 0.1) is 34.3 Å². The zero-order valence-electron chi connectivity index (χ0n) is 11.5. The minimum Gasteiger partial charge on any atom is -0.349 e. The lowest BCUT2D eigenvalue weighted by Gasteiger charge is -2.38. The van der Waals surface area contributed by atoms with E-state index in [2.05, 4.69) is 10.4 Å². The molecule has 0 radical (unpaired) electrons. The first kappa shape index (κ1) is 14.3. The van der Waals surface area contributed by atoms with Crippen LogP contribution >= 0.6 is 10.9 Å². The third kappa shape index (κ3) is 3.18. The van der Waals surface area contributed by atoms with Crippen molar-refractivity contribution in [1.82, 2.24) is 14.9 Å². The largest absolute Gasteiger partial charge is 0.349 e. The maximum Gasteiger partial charge on any atom is 0.255 e. The van der Waals surface area contributed by atoms with Gasteiger partial charge in [-0.2, -0.15) is 5.10 Å². The number of hydrogen-bond donors (Lipinski definition) is 3. The van der Waals surface area contributed by atoms with Crippen molar-refractivity contribution in [2.75, 3.05) is 6.26 Å². The summed E-state index contributed by atoms with van der Waals surface area (Å²) in [5.74, 6) is -0.178. The van der Waals surface area contributed by atoms with E-state index < -0.39 is 10.9 Å². The molecule has 7 nitrogen and oxygen atoms in total. The van der Waals surface area contributed by atoms with Crippen LogP contribution in [0.1, 0.15) is 23.2 Å². The van der Waals surface area contributed by atoms with Crippen molar-refractivity contribution < 1.29 is 18.1 Å². The number of hydrogen-bond acceptors (Lipinski definition) is 5. The molecule has 1 saturated carbocycles. The molecule has 2 aromatic rings. The highest BCUT2D eigenvalue weighted by Crippen LogP contribution is 2.41. The van der Waals surface area contributed by atoms with Gasteiger partial charge < -0.3 is 14.4 Å². The Labute approximate surface area is 123 Å². The summed E-state index contributed by atoms with van der Waals surface area (Å²) in [6.45, 7) is 0. The fraction of sp³-hybridized carbons (Fsp3) is 0.385. The SMILES string of the molecule is CS(O)(O)OC1CC(NC(=O)c2cnn3ccccc23)C1. The number of fused-ring (bicyclic) bond motifs is 1. The highest BCUT2D eigenvalue weighted by atomic mass is 32.3. The van der Waals surface area contributed by atoms with E-state index in [0.717, 1.165) is 5.52 Å². The van der Waals surface area contributed by atoms with Gasteiger partial charge in [-0.3, -0.25) is 8.98 Å². The Bertz CT molecular complexity index is 661. The second-order valence-corrected chi connectivity index (χ2v) is 6.93. The molecule has 1 aliphatic carbocycles. The molecule has 0 aliphatic heterocycles. The van der Waals surface area contributed by atoms with E-state index >= 15 is 0 Å². The predicted molar refractivity (Wildman–Crippen MR) is 79.3 cm³/mol. The normalized spacial score (nSPS) is 22.8. The molecule has 0 saturated heterocycles. The molecule has 2 heterocycles. The Morgan fingerprint density at radius 1 is 1.48 bits per heavy atom. The van der Waals surface area contributed by atoms with Crippen LogP contribution in [0.5, 0.6) is 0 Å². The lowest BCUT2D eigenvalue weighted by molar-refractivity contribution is 0.0669. The first-order valence-electron chi connectivity index (χ1n) is 6.57. The van der Waals surface area contributed by atoms with Crippen molar-refractivity contribution in [1.29, 1.82) is 0 Å². The van der Waals surface area contributed by atoms with Crippen LogP contribution in [0.25, 0.3) is 5.52 Å². The van der Waals surface area contributed by atoms with Gasteiger partial charge >= 0.3 is 0 Å². The van der Waals surface area contributed by atoms with Crippen molar-refractivity contribution in [3.05, 3.63) is 36.2 Å². The Hall–Kier alpha value is -1.61. The van der Waals surface area contributed by atoms with E-state index in [1.54, 1.807) is 16.9 Å². The van der Waals surface area contributed by atoms with E-state index in [-0.39, 0.29) is 18.1 Å². The lowest BCUT2D eigenvalue weighted by Crippen LogP contribution is -2.47. The second-order valence-electron chi connectivity index (χ2n) is 5.21. The van der Waals surface area contributed by atoms with Crippen LogP contribution in [-0.2, 0) is 4.18 Å². The molecule has 114 valence electrons. The molecule has 2 aromatic heterocycles. The van der Waals surface area contributed by atoms with E-state index in [9.17, 15) is 13.9 Å². The van der Waals surface area contributed by atoms with Gasteiger partial charge in [-0.15, -0.1) is 0 Å². The second kappa shape index (κ2) is 5.30. The molecule has 0 atom stereocenters. The van der Waals surface area contributed by atoms with E-state index in [4.69, 9.17) is 4.18 Å². The third-order valence-electron chi connectivity index (χ3n) is 3.42. The van der Waals surface area contributed by atoms with Crippen LogP contribution < -0.4 is 5.32 Å². The van der Waals surface area contributed by atoms with Gasteiger partial charge in [0.15, 0.2) is 0 Å². The fourth-order valence-corrected chi connectivity index (χ4v) is 3.07. The lowest BCUT2D eigenvalue weighted by atomic mass is 9.89. The van der Waals surface area contributed by atoms with Gasteiger partial charge in [0.2, 0.25) is 0 Å².